The van der Waals surface area contributed by atoms with Crippen molar-refractivity contribution < 1.29 is 22.4 Å². The molecular weight excluding hydrogens is 375 g/mol. The van der Waals surface area contributed by atoms with Gasteiger partial charge in [0.1, 0.15) is 5.82 Å². The first kappa shape index (κ1) is 21.1. The van der Waals surface area contributed by atoms with Gasteiger partial charge in [0.15, 0.2) is 0 Å². The van der Waals surface area contributed by atoms with Crippen LogP contribution in [-0.4, -0.2) is 50.8 Å². The van der Waals surface area contributed by atoms with Gasteiger partial charge in [0.05, 0.1) is 10.8 Å². The number of carbonyl (C=O) groups excluding carboxylic acids is 2. The number of hydrogen-bond donors (Lipinski definition) is 3. The number of carbonyl (C=O) groups is 2. The Balaban J connectivity index is 1.85. The molecule has 3 amide bonds. The fourth-order valence-electron chi connectivity index (χ4n) is 2.95. The van der Waals surface area contributed by atoms with Crippen LogP contribution in [-0.2, 0) is 14.8 Å². The summed E-state index contributed by atoms with van der Waals surface area (Å²) in [5, 5.41) is 5.27. The van der Waals surface area contributed by atoms with Crippen LogP contribution in [0.4, 0.5) is 9.18 Å². The summed E-state index contributed by atoms with van der Waals surface area (Å²) in [6.45, 7) is 1.33. The van der Waals surface area contributed by atoms with Gasteiger partial charge in [-0.15, -0.1) is 0 Å². The number of sulfonamides is 1. The van der Waals surface area contributed by atoms with Gasteiger partial charge in [-0.05, 0) is 49.9 Å². The molecule has 1 aliphatic heterocycles. The Kier molecular flexibility index (Phi) is 7.55. The monoisotopic (exact) mass is 400 g/mol. The number of rotatable bonds is 8. The van der Waals surface area contributed by atoms with Crippen molar-refractivity contribution in [1.82, 2.24) is 14.9 Å². The number of piperidine rings is 1. The lowest BCUT2D eigenvalue weighted by molar-refractivity contribution is -0.126. The van der Waals surface area contributed by atoms with E-state index in [1.54, 1.807) is 0 Å². The molecule has 0 spiro atoms. The zero-order chi connectivity index (χ0) is 19.9. The van der Waals surface area contributed by atoms with Crippen LogP contribution >= 0.6 is 0 Å². The Morgan fingerprint density at radius 3 is 2.41 bits per heavy atom. The zero-order valence-corrected chi connectivity index (χ0v) is 15.8. The minimum atomic E-state index is -3.75. The van der Waals surface area contributed by atoms with Crippen molar-refractivity contribution >= 4 is 22.0 Å². The van der Waals surface area contributed by atoms with E-state index in [0.717, 1.165) is 12.1 Å². The Bertz CT molecular complexity index is 755. The second-order valence-corrected chi connectivity index (χ2v) is 8.38. The van der Waals surface area contributed by atoms with Crippen LogP contribution < -0.4 is 16.4 Å². The van der Waals surface area contributed by atoms with Gasteiger partial charge in [0, 0.05) is 26.2 Å². The van der Waals surface area contributed by atoms with E-state index in [0.29, 0.717) is 45.3 Å². The number of nitrogens with two attached hydrogens (primary N) is 1. The average molecular weight is 400 g/mol. The van der Waals surface area contributed by atoms with E-state index in [-0.39, 0.29) is 17.3 Å². The van der Waals surface area contributed by atoms with Crippen LogP contribution in [0.5, 0.6) is 0 Å². The van der Waals surface area contributed by atoms with Crippen molar-refractivity contribution in [2.75, 3.05) is 26.2 Å². The molecule has 1 saturated heterocycles. The Hall–Kier alpha value is -2.20. The second-order valence-electron chi connectivity index (χ2n) is 6.45. The third-order valence-electron chi connectivity index (χ3n) is 4.41. The molecule has 1 aliphatic rings. The smallest absolute Gasteiger partial charge is 0.312 e. The maximum Gasteiger partial charge on any atom is 0.312 e. The number of amides is 3. The summed E-state index contributed by atoms with van der Waals surface area (Å²) in [6.07, 6.45) is 2.56. The van der Waals surface area contributed by atoms with Gasteiger partial charge in [-0.25, -0.2) is 17.6 Å². The second kappa shape index (κ2) is 9.65. The Labute approximate surface area is 158 Å². The lowest BCUT2D eigenvalue weighted by atomic mass is 9.99. The fourth-order valence-corrected chi connectivity index (χ4v) is 4.47. The molecule has 0 saturated carbocycles. The van der Waals surface area contributed by atoms with Crippen LogP contribution in [0.2, 0.25) is 0 Å². The topological polar surface area (TPSA) is 122 Å². The molecule has 2 rings (SSSR count). The molecule has 8 nitrogen and oxygen atoms in total. The molecule has 150 valence electrons. The quantitative estimate of drug-likeness (QED) is 0.559. The largest absolute Gasteiger partial charge is 0.356 e. The highest BCUT2D eigenvalue weighted by Crippen LogP contribution is 2.24. The summed E-state index contributed by atoms with van der Waals surface area (Å²) in [5.41, 5.74) is 4.96. The molecule has 0 radical (unpaired) electrons. The van der Waals surface area contributed by atoms with E-state index in [9.17, 15) is 22.4 Å². The summed E-state index contributed by atoms with van der Waals surface area (Å²) in [5.74, 6) is -1.11. The van der Waals surface area contributed by atoms with Crippen LogP contribution in [0.15, 0.2) is 29.2 Å². The number of nitrogens with one attached hydrogen (secondary N) is 2. The Morgan fingerprint density at radius 2 is 1.78 bits per heavy atom. The third kappa shape index (κ3) is 6.17. The first-order chi connectivity index (χ1) is 12.8. The van der Waals surface area contributed by atoms with E-state index in [1.807, 2.05) is 0 Å². The van der Waals surface area contributed by atoms with Crippen LogP contribution in [0, 0.1) is 11.7 Å². The lowest BCUT2D eigenvalue weighted by Crippen LogP contribution is -2.45. The van der Waals surface area contributed by atoms with Gasteiger partial charge >= 0.3 is 6.03 Å². The van der Waals surface area contributed by atoms with Gasteiger partial charge in [0.2, 0.25) is 15.9 Å². The summed E-state index contributed by atoms with van der Waals surface area (Å²) in [4.78, 5) is 22.9. The normalized spacial score (nSPS) is 18.0. The number of unbranched alkanes of at least 4 members (excludes halogenated alkanes) is 1. The minimum absolute atomic E-state index is 0.0203. The highest BCUT2D eigenvalue weighted by molar-refractivity contribution is 7.89. The molecule has 1 fully saturated rings. The van der Waals surface area contributed by atoms with Crippen molar-refractivity contribution in [1.29, 1.82) is 0 Å². The standard InChI is InChI=1S/C17H25FN4O4S/c18-14-5-7-15(8-6-14)27(25,26)22-11-3-4-13(12-22)16(23)20-9-1-2-10-21-17(19)24/h5-8,13H,1-4,9-12H2,(H,20,23)(H3,19,21,24)/t13-/m1/s1. The maximum absolute atomic E-state index is 13.0. The molecule has 1 atom stereocenters. The molecule has 4 N–H and O–H groups in total. The van der Waals surface area contributed by atoms with Crippen molar-refractivity contribution in [3.63, 3.8) is 0 Å². The number of primary amides is 1. The zero-order valence-electron chi connectivity index (χ0n) is 15.0. The SMILES string of the molecule is NC(=O)NCCCCNC(=O)[C@@H]1CCCN(S(=O)(=O)c2ccc(F)cc2)C1. The Morgan fingerprint density at radius 1 is 1.15 bits per heavy atom. The molecule has 0 aliphatic carbocycles. The summed E-state index contributed by atoms with van der Waals surface area (Å²) in [7, 11) is -3.75. The molecule has 0 aromatic heterocycles. The predicted molar refractivity (Wildman–Crippen MR) is 97.7 cm³/mol. The van der Waals surface area contributed by atoms with Crippen molar-refractivity contribution in [2.24, 2.45) is 11.7 Å². The van der Waals surface area contributed by atoms with Gasteiger partial charge in [-0.2, -0.15) is 4.31 Å². The van der Waals surface area contributed by atoms with Gasteiger partial charge < -0.3 is 16.4 Å². The molecule has 0 bridgehead atoms. The molecule has 1 heterocycles. The number of nitrogens with zero attached hydrogens (tertiary/aromatic N) is 1. The van der Waals surface area contributed by atoms with E-state index in [1.165, 1.54) is 16.4 Å². The van der Waals surface area contributed by atoms with Crippen LogP contribution in [0.25, 0.3) is 0 Å². The number of urea groups is 1. The molecule has 27 heavy (non-hydrogen) atoms. The highest BCUT2D eigenvalue weighted by Gasteiger charge is 2.33. The summed E-state index contributed by atoms with van der Waals surface area (Å²) < 4.78 is 39.7. The molecule has 1 aromatic carbocycles. The molecule has 0 unspecified atom stereocenters. The van der Waals surface area contributed by atoms with Crippen molar-refractivity contribution in [2.45, 2.75) is 30.6 Å². The van der Waals surface area contributed by atoms with Gasteiger partial charge in [-0.3, -0.25) is 4.79 Å². The first-order valence-corrected chi connectivity index (χ1v) is 10.3. The molecule has 1 aromatic rings. The van der Waals surface area contributed by atoms with E-state index in [4.69, 9.17) is 5.73 Å². The predicted octanol–water partition coefficient (Wildman–Crippen LogP) is 0.791. The van der Waals surface area contributed by atoms with E-state index < -0.39 is 27.8 Å². The van der Waals surface area contributed by atoms with Gasteiger partial charge in [0.25, 0.3) is 0 Å². The highest BCUT2D eigenvalue weighted by atomic mass is 32.2. The van der Waals surface area contributed by atoms with Crippen LogP contribution in [0.1, 0.15) is 25.7 Å². The number of hydrogen-bond acceptors (Lipinski definition) is 4. The first-order valence-electron chi connectivity index (χ1n) is 8.87. The van der Waals surface area contributed by atoms with Crippen molar-refractivity contribution in [3.8, 4) is 0 Å². The van der Waals surface area contributed by atoms with Crippen molar-refractivity contribution in [3.05, 3.63) is 30.1 Å². The average Bonchev–Trinajstić information content (AvgIpc) is 2.64. The van der Waals surface area contributed by atoms with Gasteiger partial charge in [-0.1, -0.05) is 0 Å². The van der Waals surface area contributed by atoms with Crippen LogP contribution in [0.3, 0.4) is 0 Å². The molecule has 10 heteroatoms. The maximum atomic E-state index is 13.0. The fraction of sp³-hybridized carbons (Fsp3) is 0.529. The number of benzene rings is 1. The lowest BCUT2D eigenvalue weighted by Gasteiger charge is -2.31. The minimum Gasteiger partial charge on any atom is -0.356 e. The number of halogens is 1. The summed E-state index contributed by atoms with van der Waals surface area (Å²) >= 11 is 0. The molecular formula is C17H25FN4O4S. The third-order valence-corrected chi connectivity index (χ3v) is 6.29. The summed E-state index contributed by atoms with van der Waals surface area (Å²) in [6, 6.07) is 4.09. The van der Waals surface area contributed by atoms with E-state index >= 15 is 0 Å². The van der Waals surface area contributed by atoms with E-state index in [2.05, 4.69) is 10.6 Å².